The van der Waals surface area contributed by atoms with Crippen molar-refractivity contribution in [2.75, 3.05) is 20.3 Å². The zero-order chi connectivity index (χ0) is 13.0. The number of aryl methyl sites for hydroxylation is 1. The van der Waals surface area contributed by atoms with Crippen LogP contribution in [0, 0.1) is 18.7 Å². The average molecular weight is 251 g/mol. The molecule has 0 radical (unpaired) electrons. The number of halogens is 1. The Bertz CT molecular complexity index is 388. The summed E-state index contributed by atoms with van der Waals surface area (Å²) < 4.78 is 19.5. The van der Waals surface area contributed by atoms with E-state index in [-0.39, 0.29) is 11.9 Å². The van der Waals surface area contributed by atoms with Crippen LogP contribution in [0.4, 0.5) is 4.39 Å². The molecule has 1 aliphatic rings. The van der Waals surface area contributed by atoms with Crippen molar-refractivity contribution < 1.29 is 9.13 Å². The number of hydrogen-bond donors (Lipinski definition) is 1. The molecule has 18 heavy (non-hydrogen) atoms. The van der Waals surface area contributed by atoms with Crippen molar-refractivity contribution >= 4 is 0 Å². The summed E-state index contributed by atoms with van der Waals surface area (Å²) in [5, 5.41) is 3.25. The Balaban J connectivity index is 2.09. The summed E-state index contributed by atoms with van der Waals surface area (Å²) in [6, 6.07) is 5.75. The molecule has 1 aromatic carbocycles. The zero-order valence-corrected chi connectivity index (χ0v) is 11.2. The van der Waals surface area contributed by atoms with Gasteiger partial charge in [0.05, 0.1) is 0 Å². The molecule has 0 spiro atoms. The second-order valence-corrected chi connectivity index (χ2v) is 5.11. The van der Waals surface area contributed by atoms with Gasteiger partial charge in [-0.15, -0.1) is 0 Å². The molecule has 0 aliphatic carbocycles. The predicted octanol–water partition coefficient (Wildman–Crippen LogP) is 3.21. The second-order valence-electron chi connectivity index (χ2n) is 5.11. The Labute approximate surface area is 109 Å². The maximum atomic E-state index is 14.1. The maximum absolute atomic E-state index is 14.1. The molecule has 0 saturated carbocycles. The average Bonchev–Trinajstić information content (AvgIpc) is 2.41. The van der Waals surface area contributed by atoms with Gasteiger partial charge in [0.15, 0.2) is 0 Å². The molecule has 3 heteroatoms. The van der Waals surface area contributed by atoms with Crippen LogP contribution < -0.4 is 5.32 Å². The van der Waals surface area contributed by atoms with Crippen molar-refractivity contribution in [2.45, 2.75) is 32.2 Å². The zero-order valence-electron chi connectivity index (χ0n) is 11.2. The number of benzene rings is 1. The second kappa shape index (κ2) is 6.30. The monoisotopic (exact) mass is 251 g/mol. The molecule has 0 amide bonds. The highest BCUT2D eigenvalue weighted by Gasteiger charge is 2.21. The summed E-state index contributed by atoms with van der Waals surface area (Å²) in [4.78, 5) is 0. The van der Waals surface area contributed by atoms with Crippen LogP contribution in [0.25, 0.3) is 0 Å². The Morgan fingerprint density at radius 1 is 1.39 bits per heavy atom. The molecule has 1 heterocycles. The van der Waals surface area contributed by atoms with E-state index in [0.29, 0.717) is 5.92 Å². The smallest absolute Gasteiger partial charge is 0.130 e. The van der Waals surface area contributed by atoms with Gasteiger partial charge < -0.3 is 10.1 Å². The summed E-state index contributed by atoms with van der Waals surface area (Å²) in [6.07, 6.45) is 3.16. The van der Waals surface area contributed by atoms with Crippen molar-refractivity contribution in [3.8, 4) is 0 Å². The first-order valence-corrected chi connectivity index (χ1v) is 6.72. The van der Waals surface area contributed by atoms with E-state index in [4.69, 9.17) is 4.74 Å². The Kier molecular flexibility index (Phi) is 4.72. The largest absolute Gasteiger partial charge is 0.381 e. The highest BCUT2D eigenvalue weighted by atomic mass is 19.1. The number of ether oxygens (including phenoxy) is 1. The summed E-state index contributed by atoms with van der Waals surface area (Å²) in [6.45, 7) is 3.51. The Hall–Kier alpha value is -0.930. The minimum absolute atomic E-state index is 0.0658. The first-order valence-electron chi connectivity index (χ1n) is 6.72. The molecule has 1 fully saturated rings. The molecule has 1 aliphatic heterocycles. The van der Waals surface area contributed by atoms with Crippen LogP contribution in [0.15, 0.2) is 18.2 Å². The minimum atomic E-state index is -0.0658. The topological polar surface area (TPSA) is 21.3 Å². The van der Waals surface area contributed by atoms with E-state index in [2.05, 4.69) is 5.32 Å². The van der Waals surface area contributed by atoms with Crippen LogP contribution in [0.5, 0.6) is 0 Å². The van der Waals surface area contributed by atoms with Crippen LogP contribution in [-0.4, -0.2) is 20.3 Å². The standard InChI is InChI=1S/C15H22FNO/c1-11-4-3-5-13(15(11)16)14(17-2)10-12-6-8-18-9-7-12/h3-5,12,14,17H,6-10H2,1-2H3. The van der Waals surface area contributed by atoms with E-state index in [1.165, 1.54) is 0 Å². The lowest BCUT2D eigenvalue weighted by Crippen LogP contribution is -2.24. The van der Waals surface area contributed by atoms with E-state index in [1.807, 2.05) is 32.2 Å². The summed E-state index contributed by atoms with van der Waals surface area (Å²) in [7, 11) is 1.91. The highest BCUT2D eigenvalue weighted by Crippen LogP contribution is 2.29. The molecule has 2 rings (SSSR count). The van der Waals surface area contributed by atoms with E-state index >= 15 is 0 Å². The van der Waals surface area contributed by atoms with Crippen molar-refractivity contribution in [2.24, 2.45) is 5.92 Å². The lowest BCUT2D eigenvalue weighted by Gasteiger charge is -2.27. The summed E-state index contributed by atoms with van der Waals surface area (Å²) in [5.74, 6) is 0.569. The molecule has 0 aromatic heterocycles. The van der Waals surface area contributed by atoms with Crippen LogP contribution >= 0.6 is 0 Å². The van der Waals surface area contributed by atoms with Crippen LogP contribution in [0.1, 0.15) is 36.4 Å². The fraction of sp³-hybridized carbons (Fsp3) is 0.600. The van der Waals surface area contributed by atoms with E-state index in [1.54, 1.807) is 0 Å². The third-order valence-electron chi connectivity index (χ3n) is 3.86. The number of hydrogen-bond acceptors (Lipinski definition) is 2. The third kappa shape index (κ3) is 3.09. The molecular formula is C15H22FNO. The van der Waals surface area contributed by atoms with E-state index in [9.17, 15) is 4.39 Å². The van der Waals surface area contributed by atoms with Gasteiger partial charge in [-0.05, 0) is 44.7 Å². The van der Waals surface area contributed by atoms with Gasteiger partial charge in [0, 0.05) is 24.8 Å². The molecule has 1 saturated heterocycles. The van der Waals surface area contributed by atoms with Gasteiger partial charge in [0.1, 0.15) is 5.82 Å². The first kappa shape index (κ1) is 13.5. The normalized spacial score (nSPS) is 18.8. The van der Waals surface area contributed by atoms with Crippen LogP contribution in [0.2, 0.25) is 0 Å². The fourth-order valence-corrected chi connectivity index (χ4v) is 2.65. The highest BCUT2D eigenvalue weighted by molar-refractivity contribution is 5.27. The van der Waals surface area contributed by atoms with Crippen LogP contribution in [-0.2, 0) is 4.74 Å². The molecule has 1 aromatic rings. The molecule has 1 N–H and O–H groups in total. The minimum Gasteiger partial charge on any atom is -0.381 e. The van der Waals surface area contributed by atoms with Gasteiger partial charge in [-0.25, -0.2) is 4.39 Å². The summed E-state index contributed by atoms with van der Waals surface area (Å²) in [5.41, 5.74) is 1.52. The summed E-state index contributed by atoms with van der Waals surface area (Å²) >= 11 is 0. The molecule has 1 unspecified atom stereocenters. The Morgan fingerprint density at radius 3 is 2.78 bits per heavy atom. The van der Waals surface area contributed by atoms with E-state index < -0.39 is 0 Å². The number of rotatable bonds is 4. The fourth-order valence-electron chi connectivity index (χ4n) is 2.65. The van der Waals surface area contributed by atoms with Gasteiger partial charge in [-0.3, -0.25) is 0 Å². The maximum Gasteiger partial charge on any atom is 0.130 e. The van der Waals surface area contributed by atoms with Crippen molar-refractivity contribution in [1.29, 1.82) is 0 Å². The Morgan fingerprint density at radius 2 is 2.11 bits per heavy atom. The predicted molar refractivity (Wildman–Crippen MR) is 71.1 cm³/mol. The molecular weight excluding hydrogens is 229 g/mol. The molecule has 0 bridgehead atoms. The molecule has 100 valence electrons. The SMILES string of the molecule is CNC(CC1CCOCC1)c1cccc(C)c1F. The lowest BCUT2D eigenvalue weighted by molar-refractivity contribution is 0.0607. The molecule has 2 nitrogen and oxygen atoms in total. The third-order valence-corrected chi connectivity index (χ3v) is 3.86. The van der Waals surface area contributed by atoms with Gasteiger partial charge in [0.2, 0.25) is 0 Å². The first-order chi connectivity index (χ1) is 8.72. The quantitative estimate of drug-likeness (QED) is 0.887. The van der Waals surface area contributed by atoms with E-state index in [0.717, 1.165) is 43.6 Å². The molecule has 1 atom stereocenters. The van der Waals surface area contributed by atoms with Crippen molar-refractivity contribution in [1.82, 2.24) is 5.32 Å². The van der Waals surface area contributed by atoms with Gasteiger partial charge in [-0.2, -0.15) is 0 Å². The van der Waals surface area contributed by atoms with Crippen molar-refractivity contribution in [3.05, 3.63) is 35.1 Å². The van der Waals surface area contributed by atoms with Crippen molar-refractivity contribution in [3.63, 3.8) is 0 Å². The number of nitrogens with one attached hydrogen (secondary N) is 1. The van der Waals surface area contributed by atoms with Gasteiger partial charge >= 0.3 is 0 Å². The lowest BCUT2D eigenvalue weighted by atomic mass is 9.89. The van der Waals surface area contributed by atoms with Gasteiger partial charge in [-0.1, -0.05) is 18.2 Å². The van der Waals surface area contributed by atoms with Gasteiger partial charge in [0.25, 0.3) is 0 Å². The van der Waals surface area contributed by atoms with Crippen LogP contribution in [0.3, 0.4) is 0 Å².